The van der Waals surface area contributed by atoms with Crippen molar-refractivity contribution in [3.63, 3.8) is 0 Å². The van der Waals surface area contributed by atoms with Gasteiger partial charge in [-0.25, -0.2) is 9.59 Å². The van der Waals surface area contributed by atoms with Gasteiger partial charge < -0.3 is 14.8 Å². The molecule has 0 aromatic carbocycles. The monoisotopic (exact) mass is 321 g/mol. The second-order valence-corrected chi connectivity index (χ2v) is 7.69. The lowest BCUT2D eigenvalue weighted by Gasteiger charge is -2.55. The van der Waals surface area contributed by atoms with Crippen LogP contribution < -0.4 is 5.32 Å². The van der Waals surface area contributed by atoms with Gasteiger partial charge in [-0.1, -0.05) is 6.58 Å². The molecule has 0 aliphatic heterocycles. The Hall–Kier alpha value is -1.52. The predicted molar refractivity (Wildman–Crippen MR) is 85.8 cm³/mol. The number of carbonyl (C=O) groups is 2. The Balaban J connectivity index is 1.37. The number of esters is 1. The van der Waals surface area contributed by atoms with E-state index in [1.807, 2.05) is 0 Å². The van der Waals surface area contributed by atoms with E-state index >= 15 is 0 Å². The van der Waals surface area contributed by atoms with Crippen LogP contribution in [0.25, 0.3) is 0 Å². The maximum absolute atomic E-state index is 12.1. The van der Waals surface area contributed by atoms with Crippen LogP contribution in [-0.4, -0.2) is 30.8 Å². The van der Waals surface area contributed by atoms with E-state index in [9.17, 15) is 9.59 Å². The van der Waals surface area contributed by atoms with E-state index in [1.165, 1.54) is 19.3 Å². The number of hydrogen-bond donors (Lipinski definition) is 1. The van der Waals surface area contributed by atoms with Crippen molar-refractivity contribution in [1.29, 1.82) is 0 Å². The summed E-state index contributed by atoms with van der Waals surface area (Å²) in [5.74, 6) is 1.89. The fourth-order valence-electron chi connectivity index (χ4n) is 4.94. The molecule has 4 aliphatic carbocycles. The van der Waals surface area contributed by atoms with Crippen LogP contribution in [0.15, 0.2) is 12.2 Å². The van der Waals surface area contributed by atoms with Crippen LogP contribution in [0.4, 0.5) is 4.79 Å². The molecule has 0 aromatic heterocycles. The average Bonchev–Trinajstić information content (AvgIpc) is 2.44. The molecule has 0 aromatic rings. The molecule has 4 aliphatic rings. The standard InChI is InChI=1S/C18H27NO4/c1-12(2)16(20)22-5-3-4-19-17(21)23-18-9-13-6-14(10-18)8-15(7-13)11-18/h13-15H,1,3-11H2,2H3,(H,19,21). The lowest BCUT2D eigenvalue weighted by molar-refractivity contribution is -0.138. The number of rotatable bonds is 6. The quantitative estimate of drug-likeness (QED) is 0.463. The molecular formula is C18H27NO4. The first kappa shape index (κ1) is 16.3. The Labute approximate surface area is 137 Å². The minimum absolute atomic E-state index is 0.203. The van der Waals surface area contributed by atoms with Crippen LogP contribution in [0.1, 0.15) is 51.9 Å². The zero-order valence-electron chi connectivity index (χ0n) is 13.9. The van der Waals surface area contributed by atoms with Crippen molar-refractivity contribution in [2.24, 2.45) is 17.8 Å². The molecule has 4 fully saturated rings. The van der Waals surface area contributed by atoms with Gasteiger partial charge in [0, 0.05) is 12.1 Å². The molecule has 0 saturated heterocycles. The Kier molecular flexibility index (Phi) is 4.64. The third kappa shape index (κ3) is 3.88. The molecule has 5 heteroatoms. The number of amides is 1. The molecule has 4 saturated carbocycles. The largest absolute Gasteiger partial charge is 0.462 e. The normalized spacial score (nSPS) is 34.0. The summed E-state index contributed by atoms with van der Waals surface area (Å²) in [6.45, 7) is 5.87. The van der Waals surface area contributed by atoms with Gasteiger partial charge in [-0.15, -0.1) is 0 Å². The molecule has 1 N–H and O–H groups in total. The summed E-state index contributed by atoms with van der Waals surface area (Å²) in [6.07, 6.45) is 7.39. The van der Waals surface area contributed by atoms with E-state index in [0.717, 1.165) is 37.0 Å². The summed E-state index contributed by atoms with van der Waals surface area (Å²) < 4.78 is 10.8. The first-order valence-corrected chi connectivity index (χ1v) is 8.75. The Morgan fingerprint density at radius 1 is 1.13 bits per heavy atom. The highest BCUT2D eigenvalue weighted by Gasteiger charge is 2.53. The number of alkyl carbamates (subject to hydrolysis) is 1. The van der Waals surface area contributed by atoms with Crippen molar-refractivity contribution >= 4 is 12.1 Å². The number of hydrogen-bond acceptors (Lipinski definition) is 4. The lowest BCUT2D eigenvalue weighted by Crippen LogP contribution is -2.53. The Morgan fingerprint density at radius 3 is 2.22 bits per heavy atom. The molecule has 0 radical (unpaired) electrons. The second-order valence-electron chi connectivity index (χ2n) is 7.69. The van der Waals surface area contributed by atoms with Crippen LogP contribution >= 0.6 is 0 Å². The van der Waals surface area contributed by atoms with Crippen molar-refractivity contribution in [3.05, 3.63) is 12.2 Å². The minimum atomic E-state index is -0.388. The van der Waals surface area contributed by atoms with E-state index < -0.39 is 0 Å². The zero-order valence-corrected chi connectivity index (χ0v) is 13.9. The Morgan fingerprint density at radius 2 is 1.70 bits per heavy atom. The number of ether oxygens (including phenoxy) is 2. The molecule has 4 bridgehead atoms. The Bertz CT molecular complexity index is 464. The highest BCUT2D eigenvalue weighted by Crippen LogP contribution is 2.57. The van der Waals surface area contributed by atoms with Gasteiger partial charge >= 0.3 is 12.1 Å². The van der Waals surface area contributed by atoms with Gasteiger partial charge in [-0.2, -0.15) is 0 Å². The molecule has 128 valence electrons. The summed E-state index contributed by atoms with van der Waals surface area (Å²) in [7, 11) is 0. The molecule has 0 atom stereocenters. The van der Waals surface area contributed by atoms with Gasteiger partial charge in [0.1, 0.15) is 5.60 Å². The van der Waals surface area contributed by atoms with Gasteiger partial charge in [-0.3, -0.25) is 0 Å². The smallest absolute Gasteiger partial charge is 0.407 e. The zero-order chi connectivity index (χ0) is 16.4. The highest BCUT2D eigenvalue weighted by molar-refractivity contribution is 5.86. The van der Waals surface area contributed by atoms with Crippen molar-refractivity contribution in [3.8, 4) is 0 Å². The molecule has 5 nitrogen and oxygen atoms in total. The van der Waals surface area contributed by atoms with Gasteiger partial charge in [-0.05, 0) is 69.6 Å². The van der Waals surface area contributed by atoms with Gasteiger partial charge in [0.15, 0.2) is 0 Å². The fraction of sp³-hybridized carbons (Fsp3) is 0.778. The molecule has 1 amide bonds. The SMILES string of the molecule is C=C(C)C(=O)OCCCNC(=O)OC12CC3CC(CC(C3)C1)C2. The van der Waals surface area contributed by atoms with Gasteiger partial charge in [0.25, 0.3) is 0 Å². The van der Waals surface area contributed by atoms with E-state index in [-0.39, 0.29) is 24.3 Å². The van der Waals surface area contributed by atoms with Crippen molar-refractivity contribution in [2.75, 3.05) is 13.2 Å². The van der Waals surface area contributed by atoms with E-state index in [1.54, 1.807) is 6.92 Å². The summed E-state index contributed by atoms with van der Waals surface area (Å²) in [4.78, 5) is 23.3. The van der Waals surface area contributed by atoms with Crippen molar-refractivity contribution < 1.29 is 19.1 Å². The fourth-order valence-corrected chi connectivity index (χ4v) is 4.94. The van der Waals surface area contributed by atoms with Crippen molar-refractivity contribution in [2.45, 2.75) is 57.5 Å². The molecule has 4 rings (SSSR count). The number of nitrogens with one attached hydrogen (secondary N) is 1. The van der Waals surface area contributed by atoms with Crippen LogP contribution in [-0.2, 0) is 14.3 Å². The molecular weight excluding hydrogens is 294 g/mol. The topological polar surface area (TPSA) is 64.6 Å². The van der Waals surface area contributed by atoms with Crippen LogP contribution in [0.3, 0.4) is 0 Å². The van der Waals surface area contributed by atoms with Crippen LogP contribution in [0.2, 0.25) is 0 Å². The summed E-state index contributed by atoms with van der Waals surface area (Å²) in [5.41, 5.74) is 0.185. The maximum atomic E-state index is 12.1. The van der Waals surface area contributed by atoms with Gasteiger partial charge in [0.05, 0.1) is 6.61 Å². The van der Waals surface area contributed by atoms with Gasteiger partial charge in [0.2, 0.25) is 0 Å². The molecule has 0 heterocycles. The molecule has 23 heavy (non-hydrogen) atoms. The molecule has 0 spiro atoms. The number of carbonyl (C=O) groups excluding carboxylic acids is 2. The summed E-state index contributed by atoms with van der Waals surface area (Å²) >= 11 is 0. The third-order valence-corrected chi connectivity index (χ3v) is 5.46. The third-order valence-electron chi connectivity index (χ3n) is 5.46. The summed E-state index contributed by atoms with van der Waals surface area (Å²) in [6, 6.07) is 0. The first-order chi connectivity index (χ1) is 11.0. The van der Waals surface area contributed by atoms with E-state index in [0.29, 0.717) is 18.5 Å². The minimum Gasteiger partial charge on any atom is -0.462 e. The highest BCUT2D eigenvalue weighted by atomic mass is 16.6. The predicted octanol–water partition coefficient (Wildman–Crippen LogP) is 3.19. The average molecular weight is 321 g/mol. The van der Waals surface area contributed by atoms with Crippen LogP contribution in [0.5, 0.6) is 0 Å². The van der Waals surface area contributed by atoms with E-state index in [4.69, 9.17) is 9.47 Å². The maximum Gasteiger partial charge on any atom is 0.407 e. The van der Waals surface area contributed by atoms with Crippen LogP contribution in [0, 0.1) is 17.8 Å². The molecule has 0 unspecified atom stereocenters. The first-order valence-electron chi connectivity index (χ1n) is 8.75. The second kappa shape index (κ2) is 6.54. The van der Waals surface area contributed by atoms with Crippen molar-refractivity contribution in [1.82, 2.24) is 5.32 Å². The lowest BCUT2D eigenvalue weighted by atomic mass is 9.54. The van der Waals surface area contributed by atoms with E-state index in [2.05, 4.69) is 11.9 Å². The summed E-state index contributed by atoms with van der Waals surface area (Å²) in [5, 5.41) is 2.79.